The lowest BCUT2D eigenvalue weighted by Gasteiger charge is -2.58. The second-order valence-electron chi connectivity index (χ2n) is 12.6. The zero-order valence-electron chi connectivity index (χ0n) is 22.2. The minimum absolute atomic E-state index is 0.0990. The van der Waals surface area contributed by atoms with Crippen LogP contribution in [-0.2, 0) is 9.53 Å². The van der Waals surface area contributed by atoms with Gasteiger partial charge in [0, 0.05) is 13.3 Å². The first-order chi connectivity index (χ1) is 15.6. The molecule has 4 aliphatic carbocycles. The summed E-state index contributed by atoms with van der Waals surface area (Å²) in [4.78, 5) is 11.5. The first-order valence-corrected chi connectivity index (χ1v) is 13.8. The summed E-state index contributed by atoms with van der Waals surface area (Å²) in [5.74, 6) is 4.36. The van der Waals surface area contributed by atoms with Crippen LogP contribution < -0.4 is 0 Å². The van der Waals surface area contributed by atoms with E-state index in [1.165, 1.54) is 44.1 Å². The third kappa shape index (κ3) is 4.41. The molecule has 0 heterocycles. The first-order valence-electron chi connectivity index (χ1n) is 13.8. The first kappa shape index (κ1) is 24.8. The molecule has 33 heavy (non-hydrogen) atoms. The Morgan fingerprint density at radius 2 is 1.91 bits per heavy atom. The summed E-state index contributed by atoms with van der Waals surface area (Å²) in [5.41, 5.74) is 3.69. The Morgan fingerprint density at radius 1 is 1.15 bits per heavy atom. The third-order valence-electron chi connectivity index (χ3n) is 10.8. The number of hydrogen-bond donors (Lipinski definition) is 0. The third-order valence-corrected chi connectivity index (χ3v) is 10.8. The molecule has 9 atom stereocenters. The lowest BCUT2D eigenvalue weighted by Crippen LogP contribution is -2.51. The molecule has 0 radical (unpaired) electrons. The van der Waals surface area contributed by atoms with Crippen LogP contribution in [0.2, 0.25) is 0 Å². The zero-order chi connectivity index (χ0) is 24.0. The maximum Gasteiger partial charge on any atom is 0.302 e. The smallest absolute Gasteiger partial charge is 0.302 e. The van der Waals surface area contributed by atoms with Gasteiger partial charge >= 0.3 is 5.97 Å². The van der Waals surface area contributed by atoms with Crippen LogP contribution in [0, 0.1) is 46.3 Å². The van der Waals surface area contributed by atoms with Gasteiger partial charge in [0.15, 0.2) is 0 Å². The second kappa shape index (κ2) is 9.38. The van der Waals surface area contributed by atoms with E-state index in [2.05, 4.69) is 59.4 Å². The second-order valence-corrected chi connectivity index (χ2v) is 12.6. The fourth-order valence-electron chi connectivity index (χ4n) is 8.96. The van der Waals surface area contributed by atoms with Crippen molar-refractivity contribution < 1.29 is 9.53 Å². The average Bonchev–Trinajstić information content (AvgIpc) is 3.11. The van der Waals surface area contributed by atoms with Crippen LogP contribution in [0.3, 0.4) is 0 Å². The van der Waals surface area contributed by atoms with Crippen molar-refractivity contribution in [1.29, 1.82) is 0 Å². The van der Waals surface area contributed by atoms with Crippen LogP contribution in [0.1, 0.15) is 99.3 Å². The number of fused-ring (bicyclic) bond motifs is 5. The monoisotopic (exact) mass is 452 g/mol. The molecule has 0 aromatic carbocycles. The van der Waals surface area contributed by atoms with Crippen molar-refractivity contribution in [3.8, 4) is 0 Å². The maximum atomic E-state index is 11.5. The van der Waals surface area contributed by atoms with Gasteiger partial charge in [0.25, 0.3) is 0 Å². The Bertz CT molecular complexity index is 821. The predicted octanol–water partition coefficient (Wildman–Crippen LogP) is 8.29. The average molecular weight is 453 g/mol. The largest absolute Gasteiger partial charge is 0.462 e. The summed E-state index contributed by atoms with van der Waals surface area (Å²) in [5, 5.41) is 0. The number of carbonyl (C=O) groups is 1. The van der Waals surface area contributed by atoms with Crippen molar-refractivity contribution in [2.45, 2.75) is 105 Å². The molecule has 0 bridgehead atoms. The molecule has 2 nitrogen and oxygen atoms in total. The molecule has 3 unspecified atom stereocenters. The van der Waals surface area contributed by atoms with Crippen LogP contribution >= 0.6 is 0 Å². The summed E-state index contributed by atoms with van der Waals surface area (Å²) < 4.78 is 5.62. The number of allylic oxidation sites excluding steroid dienone is 4. The van der Waals surface area contributed by atoms with E-state index in [1.54, 1.807) is 12.5 Å². The zero-order valence-corrected chi connectivity index (χ0v) is 22.2. The Morgan fingerprint density at radius 3 is 2.58 bits per heavy atom. The van der Waals surface area contributed by atoms with Gasteiger partial charge in [0.05, 0.1) is 0 Å². The molecule has 3 saturated carbocycles. The van der Waals surface area contributed by atoms with Crippen molar-refractivity contribution >= 4 is 5.97 Å². The lowest BCUT2D eigenvalue weighted by atomic mass is 9.47. The predicted molar refractivity (Wildman–Crippen MR) is 138 cm³/mol. The number of hydrogen-bond acceptors (Lipinski definition) is 2. The number of rotatable bonds is 6. The summed E-state index contributed by atoms with van der Waals surface area (Å²) in [6, 6.07) is 0. The van der Waals surface area contributed by atoms with E-state index in [9.17, 15) is 4.79 Å². The molecule has 184 valence electrons. The van der Waals surface area contributed by atoms with Crippen LogP contribution in [-0.4, -0.2) is 12.1 Å². The van der Waals surface area contributed by atoms with E-state index >= 15 is 0 Å². The van der Waals surface area contributed by atoms with E-state index in [1.807, 2.05) is 0 Å². The van der Waals surface area contributed by atoms with E-state index in [-0.39, 0.29) is 12.1 Å². The van der Waals surface area contributed by atoms with Crippen LogP contribution in [0.5, 0.6) is 0 Å². The van der Waals surface area contributed by atoms with Crippen LogP contribution in [0.4, 0.5) is 0 Å². The lowest BCUT2D eigenvalue weighted by molar-refractivity contribution is -0.148. The number of esters is 1. The molecule has 0 saturated heterocycles. The highest BCUT2D eigenvalue weighted by Gasteiger charge is 2.59. The molecule has 0 aliphatic heterocycles. The van der Waals surface area contributed by atoms with Gasteiger partial charge in [-0.1, -0.05) is 63.6 Å². The van der Waals surface area contributed by atoms with Crippen molar-refractivity contribution in [3.63, 3.8) is 0 Å². The quantitative estimate of drug-likeness (QED) is 0.299. The molecule has 0 amide bonds. The Hall–Kier alpha value is -1.31. The fraction of sp³-hybridized carbons (Fsp3) is 0.774. The molecule has 0 aromatic heterocycles. The van der Waals surface area contributed by atoms with Crippen LogP contribution in [0.25, 0.3) is 0 Å². The van der Waals surface area contributed by atoms with E-state index < -0.39 is 0 Å². The molecule has 0 N–H and O–H groups in total. The number of carbonyl (C=O) groups excluding carboxylic acids is 1. The van der Waals surface area contributed by atoms with E-state index in [4.69, 9.17) is 4.74 Å². The molecule has 3 fully saturated rings. The Kier molecular flexibility index (Phi) is 7.05. The van der Waals surface area contributed by atoms with Crippen molar-refractivity contribution in [1.82, 2.24) is 0 Å². The molecule has 2 heteroatoms. The SMILES string of the molecule is C=C(C)C(/C=C/C(C)[C@H]1CC[C@H]2[C@@H]3CC=C4CC(OC(C)=O)CC[C@]4(C)[C@H]3CC[C@]12C)CC. The Labute approximate surface area is 203 Å². The molecule has 4 aliphatic rings. The molecule has 0 aromatic rings. The van der Waals surface area contributed by atoms with Crippen molar-refractivity contribution in [2.75, 3.05) is 0 Å². The van der Waals surface area contributed by atoms with Crippen molar-refractivity contribution in [2.24, 2.45) is 46.3 Å². The maximum absolute atomic E-state index is 11.5. The van der Waals surface area contributed by atoms with E-state index in [0.717, 1.165) is 42.9 Å². The fourth-order valence-corrected chi connectivity index (χ4v) is 8.96. The highest BCUT2D eigenvalue weighted by molar-refractivity contribution is 5.66. The van der Waals surface area contributed by atoms with E-state index in [0.29, 0.717) is 22.7 Å². The summed E-state index contributed by atoms with van der Waals surface area (Å²) >= 11 is 0. The van der Waals surface area contributed by atoms with Gasteiger partial charge in [-0.3, -0.25) is 4.79 Å². The van der Waals surface area contributed by atoms with Gasteiger partial charge in [0.2, 0.25) is 0 Å². The summed E-state index contributed by atoms with van der Waals surface area (Å²) in [6.45, 7) is 17.9. The Balaban J connectivity index is 1.50. The molecular formula is C31H48O2. The number of ether oxygens (including phenoxy) is 1. The van der Waals surface area contributed by atoms with Crippen molar-refractivity contribution in [3.05, 3.63) is 36.0 Å². The van der Waals surface area contributed by atoms with Gasteiger partial charge in [-0.05, 0) is 105 Å². The van der Waals surface area contributed by atoms with Crippen LogP contribution in [0.15, 0.2) is 36.0 Å². The topological polar surface area (TPSA) is 26.3 Å². The van der Waals surface area contributed by atoms with Gasteiger partial charge in [-0.15, -0.1) is 0 Å². The highest BCUT2D eigenvalue weighted by Crippen LogP contribution is 2.67. The standard InChI is InChI=1S/C31H48O2/c1-8-23(20(2)3)10-9-21(4)27-13-14-28-26-12-11-24-19-25(33-22(5)32)15-17-30(24,6)29(26)16-18-31(27,28)7/h9-11,21,23,25-29H,2,8,12-19H2,1,3-7H3/b10-9+/t21?,23?,25?,26-,27+,28-,29-,30-,31+/m0/s1. The molecule has 0 spiro atoms. The normalized spacial score (nSPS) is 42.0. The van der Waals surface area contributed by atoms with Gasteiger partial charge in [-0.2, -0.15) is 0 Å². The molecule has 4 rings (SSSR count). The minimum atomic E-state index is -0.125. The summed E-state index contributed by atoms with van der Waals surface area (Å²) in [7, 11) is 0. The van der Waals surface area contributed by atoms with Gasteiger partial charge < -0.3 is 4.74 Å². The van der Waals surface area contributed by atoms with Gasteiger partial charge in [-0.25, -0.2) is 0 Å². The molecular weight excluding hydrogens is 404 g/mol. The minimum Gasteiger partial charge on any atom is -0.462 e. The van der Waals surface area contributed by atoms with Gasteiger partial charge in [0.1, 0.15) is 6.10 Å². The summed E-state index contributed by atoms with van der Waals surface area (Å²) in [6.07, 6.45) is 18.8. The highest BCUT2D eigenvalue weighted by atomic mass is 16.5.